The lowest BCUT2D eigenvalue weighted by Crippen LogP contribution is -2.35. The maximum Gasteiger partial charge on any atom is 0.279 e. The van der Waals surface area contributed by atoms with Crippen molar-refractivity contribution >= 4 is 37.5 Å². The van der Waals surface area contributed by atoms with Crippen LogP contribution in [0.2, 0.25) is 0 Å². The molecule has 2 aromatic carbocycles. The fourth-order valence-corrected chi connectivity index (χ4v) is 6.52. The highest BCUT2D eigenvalue weighted by molar-refractivity contribution is 7.89. The first-order valence-corrected chi connectivity index (χ1v) is 12.8. The molecule has 0 spiro atoms. The highest BCUT2D eigenvalue weighted by atomic mass is 32.2. The van der Waals surface area contributed by atoms with Crippen molar-refractivity contribution in [1.82, 2.24) is 8.87 Å². The van der Waals surface area contributed by atoms with Crippen molar-refractivity contribution in [2.75, 3.05) is 19.9 Å². The SMILES string of the molecule is C#CCn1c(=NC(=O)c2ccc(S(=O)(=O)N3CCCCC3)cc2)sc2cc3c(cc21)OCO3. The third kappa shape index (κ3) is 4.04. The van der Waals surface area contributed by atoms with E-state index in [2.05, 4.69) is 10.9 Å². The highest BCUT2D eigenvalue weighted by Crippen LogP contribution is 2.37. The normalized spacial score (nSPS) is 16.8. The largest absolute Gasteiger partial charge is 0.454 e. The van der Waals surface area contributed by atoms with Crippen molar-refractivity contribution in [1.29, 1.82) is 0 Å². The summed E-state index contributed by atoms with van der Waals surface area (Å²) < 4.78 is 40.7. The number of thiazole rings is 1. The summed E-state index contributed by atoms with van der Waals surface area (Å²) in [5.74, 6) is 3.37. The number of terminal acetylenes is 1. The molecule has 3 aromatic rings. The van der Waals surface area contributed by atoms with Crippen LogP contribution in [0.25, 0.3) is 10.2 Å². The Morgan fingerprint density at radius 2 is 1.79 bits per heavy atom. The molecule has 1 amide bonds. The van der Waals surface area contributed by atoms with Gasteiger partial charge in [0.2, 0.25) is 16.8 Å². The van der Waals surface area contributed by atoms with Gasteiger partial charge in [-0.15, -0.1) is 6.42 Å². The predicted octanol–water partition coefficient (Wildman–Crippen LogP) is 2.98. The van der Waals surface area contributed by atoms with E-state index in [0.29, 0.717) is 35.0 Å². The van der Waals surface area contributed by atoms with Crippen LogP contribution in [0.15, 0.2) is 46.3 Å². The van der Waals surface area contributed by atoms with E-state index in [1.165, 1.54) is 39.9 Å². The molecule has 10 heteroatoms. The number of benzene rings is 2. The number of amides is 1. The Hall–Kier alpha value is -3.13. The smallest absolute Gasteiger partial charge is 0.279 e. The van der Waals surface area contributed by atoms with Crippen molar-refractivity contribution in [2.45, 2.75) is 30.7 Å². The van der Waals surface area contributed by atoms with E-state index >= 15 is 0 Å². The molecule has 33 heavy (non-hydrogen) atoms. The molecule has 1 fully saturated rings. The molecule has 8 nitrogen and oxygen atoms in total. The summed E-state index contributed by atoms with van der Waals surface area (Å²) in [4.78, 5) is 17.8. The number of aromatic nitrogens is 1. The average molecular weight is 484 g/mol. The molecule has 3 heterocycles. The van der Waals surface area contributed by atoms with Crippen LogP contribution in [0, 0.1) is 12.3 Å². The molecular formula is C23H21N3O5S2. The van der Waals surface area contributed by atoms with Gasteiger partial charge in [-0.2, -0.15) is 9.30 Å². The average Bonchev–Trinajstić information content (AvgIpc) is 3.42. The minimum atomic E-state index is -3.56. The second-order valence-corrected chi connectivity index (χ2v) is 10.7. The number of carbonyl (C=O) groups is 1. The van der Waals surface area contributed by atoms with Gasteiger partial charge in [-0.25, -0.2) is 8.42 Å². The van der Waals surface area contributed by atoms with E-state index in [9.17, 15) is 13.2 Å². The second-order valence-electron chi connectivity index (χ2n) is 7.75. The first-order valence-electron chi connectivity index (χ1n) is 10.5. The van der Waals surface area contributed by atoms with Crippen molar-refractivity contribution in [3.05, 3.63) is 46.8 Å². The Morgan fingerprint density at radius 3 is 2.48 bits per heavy atom. The van der Waals surface area contributed by atoms with E-state index in [4.69, 9.17) is 15.9 Å². The number of hydrogen-bond donors (Lipinski definition) is 0. The van der Waals surface area contributed by atoms with Gasteiger partial charge in [0, 0.05) is 30.8 Å². The minimum Gasteiger partial charge on any atom is -0.454 e. The number of rotatable bonds is 4. The molecular weight excluding hydrogens is 462 g/mol. The summed E-state index contributed by atoms with van der Waals surface area (Å²) >= 11 is 1.32. The molecule has 0 aliphatic carbocycles. The molecule has 2 aliphatic rings. The van der Waals surface area contributed by atoms with Crippen molar-refractivity contribution in [2.24, 2.45) is 4.99 Å². The van der Waals surface area contributed by atoms with Crippen LogP contribution in [0.1, 0.15) is 29.6 Å². The first kappa shape index (κ1) is 21.7. The third-order valence-electron chi connectivity index (χ3n) is 5.68. The quantitative estimate of drug-likeness (QED) is 0.532. The Bertz CT molecular complexity index is 1440. The molecule has 0 atom stereocenters. The standard InChI is InChI=1S/C23H21N3O5S2/c1-2-10-26-18-13-19-20(31-15-30-19)14-21(18)32-23(26)24-22(27)16-6-8-17(9-7-16)33(28,29)25-11-4-3-5-12-25/h1,6-9,13-14H,3-5,10-12,15H2. The van der Waals surface area contributed by atoms with Gasteiger partial charge >= 0.3 is 0 Å². The topological polar surface area (TPSA) is 90.2 Å². The zero-order valence-electron chi connectivity index (χ0n) is 17.7. The fourth-order valence-electron chi connectivity index (χ4n) is 3.96. The number of ether oxygens (including phenoxy) is 2. The molecule has 0 N–H and O–H groups in total. The predicted molar refractivity (Wildman–Crippen MR) is 124 cm³/mol. The second kappa shape index (κ2) is 8.67. The third-order valence-corrected chi connectivity index (χ3v) is 8.63. The number of piperidine rings is 1. The van der Waals surface area contributed by atoms with E-state index in [-0.39, 0.29) is 18.2 Å². The van der Waals surface area contributed by atoms with Gasteiger partial charge in [-0.3, -0.25) is 4.79 Å². The summed E-state index contributed by atoms with van der Waals surface area (Å²) in [6.45, 7) is 1.46. The first-order chi connectivity index (χ1) is 16.0. The van der Waals surface area contributed by atoms with Gasteiger partial charge in [-0.05, 0) is 37.1 Å². The van der Waals surface area contributed by atoms with E-state index in [0.717, 1.165) is 29.5 Å². The van der Waals surface area contributed by atoms with Crippen LogP contribution in [-0.4, -0.2) is 43.1 Å². The lowest BCUT2D eigenvalue weighted by molar-refractivity contribution is 0.0997. The van der Waals surface area contributed by atoms with Gasteiger partial charge in [0.1, 0.15) is 0 Å². The van der Waals surface area contributed by atoms with Gasteiger partial charge in [-0.1, -0.05) is 23.7 Å². The molecule has 0 bridgehead atoms. The van der Waals surface area contributed by atoms with Crippen LogP contribution in [0.5, 0.6) is 11.5 Å². The molecule has 2 aliphatic heterocycles. The summed E-state index contributed by atoms with van der Waals surface area (Å²) in [6.07, 6.45) is 8.31. The molecule has 0 radical (unpaired) electrons. The van der Waals surface area contributed by atoms with Crippen LogP contribution >= 0.6 is 11.3 Å². The maximum atomic E-state index is 12.9. The molecule has 170 valence electrons. The van der Waals surface area contributed by atoms with Crippen molar-refractivity contribution < 1.29 is 22.7 Å². The highest BCUT2D eigenvalue weighted by Gasteiger charge is 2.26. The van der Waals surface area contributed by atoms with Crippen LogP contribution < -0.4 is 14.3 Å². The molecule has 1 aromatic heterocycles. The maximum absolute atomic E-state index is 12.9. The number of hydrogen-bond acceptors (Lipinski definition) is 6. The molecule has 0 unspecified atom stereocenters. The van der Waals surface area contributed by atoms with Gasteiger partial charge < -0.3 is 14.0 Å². The minimum absolute atomic E-state index is 0.168. The molecule has 1 saturated heterocycles. The summed E-state index contributed by atoms with van der Waals surface area (Å²) in [5, 5.41) is 0. The monoisotopic (exact) mass is 483 g/mol. The zero-order chi connectivity index (χ0) is 23.0. The summed E-state index contributed by atoms with van der Waals surface area (Å²) in [6, 6.07) is 9.60. The molecule has 5 rings (SSSR count). The lowest BCUT2D eigenvalue weighted by Gasteiger charge is -2.25. The number of nitrogens with zero attached hydrogens (tertiary/aromatic N) is 3. The summed E-state index contributed by atoms with van der Waals surface area (Å²) in [5.41, 5.74) is 1.10. The zero-order valence-corrected chi connectivity index (χ0v) is 19.3. The van der Waals surface area contributed by atoms with Gasteiger partial charge in [0.25, 0.3) is 5.91 Å². The Kier molecular flexibility index (Phi) is 5.70. The van der Waals surface area contributed by atoms with Crippen LogP contribution in [0.4, 0.5) is 0 Å². The Balaban J connectivity index is 1.47. The van der Waals surface area contributed by atoms with Gasteiger partial charge in [0.05, 0.1) is 21.7 Å². The summed E-state index contributed by atoms with van der Waals surface area (Å²) in [7, 11) is -3.56. The lowest BCUT2D eigenvalue weighted by atomic mass is 10.2. The number of fused-ring (bicyclic) bond motifs is 2. The number of carbonyl (C=O) groups excluding carboxylic acids is 1. The number of sulfonamides is 1. The Morgan fingerprint density at radius 1 is 1.09 bits per heavy atom. The van der Waals surface area contributed by atoms with E-state index in [1.54, 1.807) is 4.57 Å². The Labute approximate surface area is 195 Å². The van der Waals surface area contributed by atoms with Crippen molar-refractivity contribution in [3.8, 4) is 23.8 Å². The van der Waals surface area contributed by atoms with Crippen LogP contribution in [-0.2, 0) is 16.6 Å². The van der Waals surface area contributed by atoms with Crippen molar-refractivity contribution in [3.63, 3.8) is 0 Å². The van der Waals surface area contributed by atoms with Crippen LogP contribution in [0.3, 0.4) is 0 Å². The van der Waals surface area contributed by atoms with E-state index < -0.39 is 15.9 Å². The van der Waals surface area contributed by atoms with E-state index in [1.807, 2.05) is 12.1 Å². The fraction of sp³-hybridized carbons (Fsp3) is 0.304. The molecule has 0 saturated carbocycles. The van der Waals surface area contributed by atoms with Gasteiger partial charge in [0.15, 0.2) is 16.3 Å².